The number of carbonyl (C=O) groups is 1. The van der Waals surface area contributed by atoms with Crippen LogP contribution < -0.4 is 14.2 Å². The molecule has 3 rings (SSSR count). The molecule has 1 amide bonds. The van der Waals surface area contributed by atoms with Crippen LogP contribution in [0, 0.1) is 6.92 Å². The lowest BCUT2D eigenvalue weighted by Crippen LogP contribution is -2.30. The van der Waals surface area contributed by atoms with Crippen molar-refractivity contribution in [2.45, 2.75) is 11.8 Å². The molecule has 0 bridgehead atoms. The van der Waals surface area contributed by atoms with Gasteiger partial charge in [-0.05, 0) is 37.3 Å². The van der Waals surface area contributed by atoms with Crippen molar-refractivity contribution in [2.75, 3.05) is 13.2 Å². The van der Waals surface area contributed by atoms with Gasteiger partial charge in [-0.3, -0.25) is 4.79 Å². The number of nitrogens with one attached hydrogen (secondary N) is 1. The summed E-state index contributed by atoms with van der Waals surface area (Å²) in [6.07, 6.45) is 0. The highest BCUT2D eigenvalue weighted by atomic mass is 32.2. The number of rotatable bonds is 3. The first-order chi connectivity index (χ1) is 11.0. The Morgan fingerprint density at radius 2 is 1.65 bits per heavy atom. The van der Waals surface area contributed by atoms with Crippen molar-refractivity contribution in [1.29, 1.82) is 0 Å². The summed E-state index contributed by atoms with van der Waals surface area (Å²) in [4.78, 5) is 12.2. The van der Waals surface area contributed by atoms with Gasteiger partial charge < -0.3 is 9.47 Å². The van der Waals surface area contributed by atoms with E-state index in [1.165, 1.54) is 24.3 Å². The van der Waals surface area contributed by atoms with Crippen LogP contribution in [-0.2, 0) is 10.0 Å². The normalized spacial score (nSPS) is 13.4. The lowest BCUT2D eigenvalue weighted by molar-refractivity contribution is 0.0980. The molecular formula is C16H15NO5S. The number of hydrogen-bond acceptors (Lipinski definition) is 5. The minimum Gasteiger partial charge on any atom is -0.486 e. The smallest absolute Gasteiger partial charge is 0.265 e. The zero-order chi connectivity index (χ0) is 16.4. The molecule has 0 radical (unpaired) electrons. The van der Waals surface area contributed by atoms with Gasteiger partial charge in [0.05, 0.1) is 4.90 Å². The second kappa shape index (κ2) is 5.92. The van der Waals surface area contributed by atoms with E-state index in [2.05, 4.69) is 4.72 Å². The fourth-order valence-corrected chi connectivity index (χ4v) is 3.12. The molecule has 0 fully saturated rings. The van der Waals surface area contributed by atoms with Crippen molar-refractivity contribution in [3.63, 3.8) is 0 Å². The number of carbonyl (C=O) groups excluding carboxylic acids is 1. The van der Waals surface area contributed by atoms with E-state index in [0.717, 1.165) is 5.56 Å². The van der Waals surface area contributed by atoms with Gasteiger partial charge in [0.25, 0.3) is 15.9 Å². The van der Waals surface area contributed by atoms with Crippen LogP contribution in [0.15, 0.2) is 47.4 Å². The van der Waals surface area contributed by atoms with Crippen molar-refractivity contribution < 1.29 is 22.7 Å². The highest BCUT2D eigenvalue weighted by molar-refractivity contribution is 7.90. The number of hydrogen-bond donors (Lipinski definition) is 1. The Bertz CT molecular complexity index is 843. The maximum Gasteiger partial charge on any atom is 0.265 e. The predicted molar refractivity (Wildman–Crippen MR) is 83.3 cm³/mol. The third-order valence-corrected chi connectivity index (χ3v) is 4.71. The molecule has 0 saturated heterocycles. The Labute approximate surface area is 134 Å². The summed E-state index contributed by atoms with van der Waals surface area (Å²) in [7, 11) is -3.92. The minimum absolute atomic E-state index is 0.0361. The van der Waals surface area contributed by atoms with Gasteiger partial charge in [-0.2, -0.15) is 0 Å². The third-order valence-electron chi connectivity index (χ3n) is 3.36. The van der Waals surface area contributed by atoms with E-state index in [-0.39, 0.29) is 10.5 Å². The monoisotopic (exact) mass is 333 g/mol. The van der Waals surface area contributed by atoms with E-state index in [1.54, 1.807) is 18.2 Å². The van der Waals surface area contributed by atoms with E-state index in [4.69, 9.17) is 9.47 Å². The van der Waals surface area contributed by atoms with Gasteiger partial charge in [0, 0.05) is 5.56 Å². The lowest BCUT2D eigenvalue weighted by Gasteiger charge is -2.18. The van der Waals surface area contributed by atoms with Crippen LogP contribution in [0.2, 0.25) is 0 Å². The standard InChI is InChI=1S/C16H15NO5S/c1-11-2-5-13(6-3-11)23(19,20)17-16(18)12-4-7-14-15(10-12)22-9-8-21-14/h2-7,10H,8-9H2,1H3,(H,17,18). The van der Waals surface area contributed by atoms with Gasteiger partial charge in [0.1, 0.15) is 13.2 Å². The Kier molecular flexibility index (Phi) is 3.96. The Morgan fingerprint density at radius 1 is 1.00 bits per heavy atom. The summed E-state index contributed by atoms with van der Waals surface area (Å²) in [6.45, 7) is 2.68. The third kappa shape index (κ3) is 3.29. The van der Waals surface area contributed by atoms with Crippen LogP contribution in [0.25, 0.3) is 0 Å². The molecule has 0 aromatic heterocycles. The number of benzene rings is 2. The van der Waals surface area contributed by atoms with E-state index in [0.29, 0.717) is 24.7 Å². The lowest BCUT2D eigenvalue weighted by atomic mass is 10.2. The van der Waals surface area contributed by atoms with Gasteiger partial charge in [0.15, 0.2) is 11.5 Å². The molecule has 6 nitrogen and oxygen atoms in total. The van der Waals surface area contributed by atoms with Crippen LogP contribution in [0.3, 0.4) is 0 Å². The van der Waals surface area contributed by atoms with Crippen LogP contribution in [0.4, 0.5) is 0 Å². The van der Waals surface area contributed by atoms with Crippen LogP contribution >= 0.6 is 0 Å². The zero-order valence-electron chi connectivity index (χ0n) is 12.4. The maximum atomic E-state index is 12.2. The second-order valence-electron chi connectivity index (χ2n) is 5.11. The molecule has 7 heteroatoms. The fraction of sp³-hybridized carbons (Fsp3) is 0.188. The Hall–Kier alpha value is -2.54. The van der Waals surface area contributed by atoms with Crippen molar-refractivity contribution in [1.82, 2.24) is 4.72 Å². The topological polar surface area (TPSA) is 81.7 Å². The molecule has 120 valence electrons. The van der Waals surface area contributed by atoms with Crippen LogP contribution in [-0.4, -0.2) is 27.5 Å². The summed E-state index contributed by atoms with van der Waals surface area (Å²) in [5.74, 6) is 0.244. The number of sulfonamides is 1. The number of fused-ring (bicyclic) bond motifs is 1. The molecular weight excluding hydrogens is 318 g/mol. The van der Waals surface area contributed by atoms with Gasteiger partial charge in [-0.15, -0.1) is 0 Å². The van der Waals surface area contributed by atoms with Crippen LogP contribution in [0.5, 0.6) is 11.5 Å². The molecule has 0 atom stereocenters. The first kappa shape index (κ1) is 15.4. The number of amides is 1. The van der Waals surface area contributed by atoms with Crippen molar-refractivity contribution in [3.8, 4) is 11.5 Å². The fourth-order valence-electron chi connectivity index (χ4n) is 2.14. The van der Waals surface area contributed by atoms with E-state index in [9.17, 15) is 13.2 Å². The quantitative estimate of drug-likeness (QED) is 0.927. The van der Waals surface area contributed by atoms with Gasteiger partial charge in [-0.25, -0.2) is 13.1 Å². The van der Waals surface area contributed by atoms with Gasteiger partial charge >= 0.3 is 0 Å². The molecule has 0 spiro atoms. The molecule has 23 heavy (non-hydrogen) atoms. The SMILES string of the molecule is Cc1ccc(S(=O)(=O)NC(=O)c2ccc3c(c2)OCCO3)cc1. The largest absolute Gasteiger partial charge is 0.486 e. The molecule has 1 aliphatic rings. The van der Waals surface area contributed by atoms with Crippen LogP contribution in [0.1, 0.15) is 15.9 Å². The maximum absolute atomic E-state index is 12.2. The number of ether oxygens (including phenoxy) is 2. The Balaban J connectivity index is 1.82. The number of aryl methyl sites for hydroxylation is 1. The summed E-state index contributed by atoms with van der Waals surface area (Å²) >= 11 is 0. The molecule has 0 saturated carbocycles. The first-order valence-electron chi connectivity index (χ1n) is 6.99. The second-order valence-corrected chi connectivity index (χ2v) is 6.79. The highest BCUT2D eigenvalue weighted by Gasteiger charge is 2.20. The van der Waals surface area contributed by atoms with Crippen molar-refractivity contribution in [2.24, 2.45) is 0 Å². The summed E-state index contributed by atoms with van der Waals surface area (Å²) in [5.41, 5.74) is 1.12. The Morgan fingerprint density at radius 3 is 2.35 bits per heavy atom. The van der Waals surface area contributed by atoms with Gasteiger partial charge in [-0.1, -0.05) is 17.7 Å². The van der Waals surface area contributed by atoms with Gasteiger partial charge in [0.2, 0.25) is 0 Å². The van der Waals surface area contributed by atoms with E-state index < -0.39 is 15.9 Å². The average molecular weight is 333 g/mol. The zero-order valence-corrected chi connectivity index (χ0v) is 13.2. The molecule has 0 unspecified atom stereocenters. The molecule has 0 aliphatic carbocycles. The summed E-state index contributed by atoms with van der Waals surface area (Å²) in [5, 5.41) is 0. The molecule has 2 aromatic carbocycles. The van der Waals surface area contributed by atoms with Crippen molar-refractivity contribution >= 4 is 15.9 Å². The predicted octanol–water partition coefficient (Wildman–Crippen LogP) is 1.88. The molecule has 1 N–H and O–H groups in total. The molecule has 1 heterocycles. The minimum atomic E-state index is -3.92. The average Bonchev–Trinajstić information content (AvgIpc) is 2.54. The van der Waals surface area contributed by atoms with Crippen molar-refractivity contribution in [3.05, 3.63) is 53.6 Å². The first-order valence-corrected chi connectivity index (χ1v) is 8.47. The van der Waals surface area contributed by atoms with E-state index in [1.807, 2.05) is 6.92 Å². The molecule has 1 aliphatic heterocycles. The summed E-state index contributed by atoms with van der Waals surface area (Å²) < 4.78 is 37.3. The highest BCUT2D eigenvalue weighted by Crippen LogP contribution is 2.30. The molecule has 2 aromatic rings. The van der Waals surface area contributed by atoms with E-state index >= 15 is 0 Å². The summed E-state index contributed by atoms with van der Waals surface area (Å²) in [6, 6.07) is 10.8.